The lowest BCUT2D eigenvalue weighted by Gasteiger charge is -2.07. The van der Waals surface area contributed by atoms with Crippen LogP contribution in [0, 0.1) is 0 Å². The number of nitrogens with one attached hydrogen (secondary N) is 2. The molecule has 0 aliphatic heterocycles. The summed E-state index contributed by atoms with van der Waals surface area (Å²) in [6.07, 6.45) is 0.831. The van der Waals surface area contributed by atoms with Crippen LogP contribution in [-0.4, -0.2) is 50.0 Å². The second-order valence-electron chi connectivity index (χ2n) is 5.08. The Morgan fingerprint density at radius 1 is 1.12 bits per heavy atom. The molecule has 2 N–H and O–H groups in total. The molecule has 0 aliphatic carbocycles. The first-order chi connectivity index (χ1) is 11.7. The van der Waals surface area contributed by atoms with Crippen LogP contribution in [0.25, 0.3) is 0 Å². The molecule has 0 unspecified atom stereocenters. The zero-order valence-electron chi connectivity index (χ0n) is 13.9. The van der Waals surface area contributed by atoms with Crippen LogP contribution in [0.2, 0.25) is 0 Å². The highest BCUT2D eigenvalue weighted by Gasteiger charge is 2.07. The van der Waals surface area contributed by atoms with Crippen LogP contribution in [0.15, 0.2) is 36.4 Å². The molecule has 1 heterocycles. The van der Waals surface area contributed by atoms with E-state index < -0.39 is 0 Å². The minimum atomic E-state index is -0.262. The summed E-state index contributed by atoms with van der Waals surface area (Å²) in [5.41, 5.74) is 1.45. The molecule has 0 saturated carbocycles. The third-order valence-corrected chi connectivity index (χ3v) is 3.34. The number of amides is 1. The molecule has 24 heavy (non-hydrogen) atoms. The van der Waals surface area contributed by atoms with Crippen molar-refractivity contribution in [3.05, 3.63) is 47.7 Å². The fourth-order valence-electron chi connectivity index (χ4n) is 2.07. The van der Waals surface area contributed by atoms with Crippen LogP contribution in [-0.2, 0) is 11.2 Å². The van der Waals surface area contributed by atoms with Crippen LogP contribution in [0.4, 0.5) is 5.82 Å². The van der Waals surface area contributed by atoms with Gasteiger partial charge in [0.05, 0.1) is 13.7 Å². The monoisotopic (exact) mass is 330 g/mol. The maximum atomic E-state index is 11.8. The Morgan fingerprint density at radius 3 is 2.71 bits per heavy atom. The first kappa shape index (κ1) is 17.7. The number of methoxy groups -OCH3 is 2. The van der Waals surface area contributed by atoms with Crippen molar-refractivity contribution >= 4 is 11.7 Å². The summed E-state index contributed by atoms with van der Waals surface area (Å²) in [7, 11) is 3.23. The number of anilines is 1. The lowest BCUT2D eigenvalue weighted by Crippen LogP contribution is -2.28. The molecular weight excluding hydrogens is 308 g/mol. The van der Waals surface area contributed by atoms with Gasteiger partial charge in [0, 0.05) is 20.2 Å². The van der Waals surface area contributed by atoms with Crippen molar-refractivity contribution in [3.8, 4) is 5.75 Å². The smallest absolute Gasteiger partial charge is 0.271 e. The number of aromatic nitrogens is 2. The zero-order chi connectivity index (χ0) is 17.2. The van der Waals surface area contributed by atoms with Crippen LogP contribution < -0.4 is 15.4 Å². The fourth-order valence-corrected chi connectivity index (χ4v) is 2.07. The van der Waals surface area contributed by atoms with Gasteiger partial charge in [0.2, 0.25) is 0 Å². The molecule has 1 aromatic heterocycles. The molecule has 2 rings (SSSR count). The molecule has 2 aromatic rings. The molecule has 1 amide bonds. The average Bonchev–Trinajstić information content (AvgIpc) is 2.62. The van der Waals surface area contributed by atoms with E-state index in [1.54, 1.807) is 26.4 Å². The Kier molecular flexibility index (Phi) is 6.97. The number of hydrogen-bond acceptors (Lipinski definition) is 6. The van der Waals surface area contributed by atoms with Gasteiger partial charge in [0.1, 0.15) is 11.6 Å². The summed E-state index contributed by atoms with van der Waals surface area (Å²) in [5, 5.41) is 13.8. The van der Waals surface area contributed by atoms with E-state index in [-0.39, 0.29) is 11.6 Å². The SMILES string of the molecule is COCCNC(=O)c1ccc(NCCc2cccc(OC)c2)nn1. The van der Waals surface area contributed by atoms with Gasteiger partial charge < -0.3 is 20.1 Å². The Balaban J connectivity index is 1.80. The predicted molar refractivity (Wildman–Crippen MR) is 91.4 cm³/mol. The van der Waals surface area contributed by atoms with Gasteiger partial charge in [-0.15, -0.1) is 10.2 Å². The summed E-state index contributed by atoms with van der Waals surface area (Å²) < 4.78 is 10.1. The van der Waals surface area contributed by atoms with Crippen molar-refractivity contribution in [2.75, 3.05) is 39.2 Å². The quantitative estimate of drug-likeness (QED) is 0.678. The van der Waals surface area contributed by atoms with Crippen LogP contribution in [0.3, 0.4) is 0 Å². The Labute approximate surface area is 141 Å². The highest BCUT2D eigenvalue weighted by atomic mass is 16.5. The first-order valence-electron chi connectivity index (χ1n) is 7.70. The average molecular weight is 330 g/mol. The molecule has 0 fully saturated rings. The number of rotatable bonds is 9. The normalized spacial score (nSPS) is 10.2. The van der Waals surface area contributed by atoms with Crippen molar-refractivity contribution in [3.63, 3.8) is 0 Å². The van der Waals surface area contributed by atoms with Crippen LogP contribution in [0.5, 0.6) is 5.75 Å². The maximum Gasteiger partial charge on any atom is 0.271 e. The van der Waals surface area contributed by atoms with E-state index >= 15 is 0 Å². The van der Waals surface area contributed by atoms with Gasteiger partial charge in [-0.1, -0.05) is 12.1 Å². The van der Waals surface area contributed by atoms with Gasteiger partial charge in [0.25, 0.3) is 5.91 Å². The van der Waals surface area contributed by atoms with E-state index in [4.69, 9.17) is 9.47 Å². The van der Waals surface area contributed by atoms with E-state index in [9.17, 15) is 4.79 Å². The van der Waals surface area contributed by atoms with Crippen molar-refractivity contribution in [1.82, 2.24) is 15.5 Å². The highest BCUT2D eigenvalue weighted by Crippen LogP contribution is 2.13. The van der Waals surface area contributed by atoms with Crippen LogP contribution in [0.1, 0.15) is 16.1 Å². The third-order valence-electron chi connectivity index (χ3n) is 3.34. The molecule has 0 spiro atoms. The Hall–Kier alpha value is -2.67. The van der Waals surface area contributed by atoms with Gasteiger partial charge in [-0.25, -0.2) is 0 Å². The first-order valence-corrected chi connectivity index (χ1v) is 7.70. The number of ether oxygens (including phenoxy) is 2. The Bertz CT molecular complexity index is 647. The maximum absolute atomic E-state index is 11.8. The van der Waals surface area contributed by atoms with Crippen molar-refractivity contribution in [2.45, 2.75) is 6.42 Å². The molecule has 0 saturated heterocycles. The summed E-state index contributed by atoms with van der Waals surface area (Å²) in [6.45, 7) is 1.61. The van der Waals surface area contributed by atoms with Gasteiger partial charge in [-0.3, -0.25) is 4.79 Å². The third kappa shape index (κ3) is 5.51. The number of nitrogens with zero attached hydrogens (tertiary/aromatic N) is 2. The van der Waals surface area contributed by atoms with Crippen molar-refractivity contribution in [1.29, 1.82) is 0 Å². The number of carbonyl (C=O) groups is 1. The van der Waals surface area contributed by atoms with Crippen LogP contribution >= 0.6 is 0 Å². The molecule has 0 aliphatic rings. The van der Waals surface area contributed by atoms with Gasteiger partial charge >= 0.3 is 0 Å². The summed E-state index contributed by atoms with van der Waals surface area (Å²) in [4.78, 5) is 11.8. The molecule has 128 valence electrons. The molecule has 0 radical (unpaired) electrons. The summed E-state index contributed by atoms with van der Waals surface area (Å²) >= 11 is 0. The van der Waals surface area contributed by atoms with E-state index in [1.807, 2.05) is 24.3 Å². The topological polar surface area (TPSA) is 85.4 Å². The molecular formula is C17H22N4O3. The van der Waals surface area contributed by atoms with Crippen molar-refractivity contribution < 1.29 is 14.3 Å². The van der Waals surface area contributed by atoms with Gasteiger partial charge in [-0.2, -0.15) is 0 Å². The van der Waals surface area contributed by atoms with E-state index in [0.29, 0.717) is 25.5 Å². The molecule has 0 bridgehead atoms. The minimum Gasteiger partial charge on any atom is -0.497 e. The number of hydrogen-bond donors (Lipinski definition) is 2. The van der Waals surface area contributed by atoms with E-state index in [1.165, 1.54) is 5.56 Å². The van der Waals surface area contributed by atoms with E-state index in [0.717, 1.165) is 12.2 Å². The minimum absolute atomic E-state index is 0.262. The van der Waals surface area contributed by atoms with Crippen molar-refractivity contribution in [2.24, 2.45) is 0 Å². The largest absolute Gasteiger partial charge is 0.497 e. The second kappa shape index (κ2) is 9.46. The molecule has 7 nitrogen and oxygen atoms in total. The Morgan fingerprint density at radius 2 is 2.00 bits per heavy atom. The zero-order valence-corrected chi connectivity index (χ0v) is 13.9. The van der Waals surface area contributed by atoms with Gasteiger partial charge in [-0.05, 0) is 36.2 Å². The summed E-state index contributed by atoms with van der Waals surface area (Å²) in [6, 6.07) is 11.3. The fraction of sp³-hybridized carbons (Fsp3) is 0.353. The predicted octanol–water partition coefficient (Wildman–Crippen LogP) is 1.52. The molecule has 7 heteroatoms. The molecule has 0 atom stereocenters. The summed E-state index contributed by atoms with van der Waals surface area (Å²) in [5.74, 6) is 1.21. The lowest BCUT2D eigenvalue weighted by atomic mass is 10.1. The number of benzene rings is 1. The highest BCUT2D eigenvalue weighted by molar-refractivity contribution is 5.92. The van der Waals surface area contributed by atoms with Gasteiger partial charge in [0.15, 0.2) is 5.69 Å². The van der Waals surface area contributed by atoms with E-state index in [2.05, 4.69) is 20.8 Å². The second-order valence-corrected chi connectivity index (χ2v) is 5.08. The lowest BCUT2D eigenvalue weighted by molar-refractivity contribution is 0.0931. The standard InChI is InChI=1S/C17H22N4O3/c1-23-11-10-19-17(22)15-6-7-16(21-20-15)18-9-8-13-4-3-5-14(12-13)24-2/h3-7,12H,8-11H2,1-2H3,(H,18,21)(H,19,22). The number of carbonyl (C=O) groups excluding carboxylic acids is 1. The molecule has 1 aromatic carbocycles.